The lowest BCUT2D eigenvalue weighted by Crippen LogP contribution is -2.11. The highest BCUT2D eigenvalue weighted by Gasteiger charge is 2.20. The summed E-state index contributed by atoms with van der Waals surface area (Å²) in [4.78, 5) is 8.53. The van der Waals surface area contributed by atoms with E-state index in [0.717, 1.165) is 11.4 Å². The summed E-state index contributed by atoms with van der Waals surface area (Å²) in [7, 11) is 0. The van der Waals surface area contributed by atoms with Crippen LogP contribution in [0.2, 0.25) is 0 Å². The SMILES string of the molecule is ClCc1cnc(C2CCC2)cn1. The Morgan fingerprint density at radius 1 is 1.33 bits per heavy atom. The molecule has 0 atom stereocenters. The zero-order valence-electron chi connectivity index (χ0n) is 6.83. The number of nitrogens with zero attached hydrogens (tertiary/aromatic N) is 2. The van der Waals surface area contributed by atoms with Gasteiger partial charge in [-0.2, -0.15) is 0 Å². The summed E-state index contributed by atoms with van der Waals surface area (Å²) in [5.41, 5.74) is 2.00. The maximum Gasteiger partial charge on any atom is 0.0734 e. The second-order valence-electron chi connectivity index (χ2n) is 3.19. The van der Waals surface area contributed by atoms with Crippen LogP contribution in [0.4, 0.5) is 0 Å². The minimum atomic E-state index is 0.456. The molecule has 0 radical (unpaired) electrons. The third-order valence-electron chi connectivity index (χ3n) is 2.39. The summed E-state index contributed by atoms with van der Waals surface area (Å²) < 4.78 is 0. The highest BCUT2D eigenvalue weighted by Crippen LogP contribution is 2.34. The summed E-state index contributed by atoms with van der Waals surface area (Å²) in [5.74, 6) is 1.12. The van der Waals surface area contributed by atoms with Gasteiger partial charge in [-0.15, -0.1) is 11.6 Å². The molecule has 0 saturated heterocycles. The lowest BCUT2D eigenvalue weighted by molar-refractivity contribution is 0.410. The van der Waals surface area contributed by atoms with E-state index in [1.807, 2.05) is 6.20 Å². The van der Waals surface area contributed by atoms with E-state index in [0.29, 0.717) is 11.8 Å². The van der Waals surface area contributed by atoms with E-state index in [4.69, 9.17) is 11.6 Å². The van der Waals surface area contributed by atoms with Gasteiger partial charge in [-0.3, -0.25) is 9.97 Å². The highest BCUT2D eigenvalue weighted by atomic mass is 35.5. The molecule has 1 heterocycles. The summed E-state index contributed by atoms with van der Waals surface area (Å²) in [5, 5.41) is 0. The van der Waals surface area contributed by atoms with Crippen molar-refractivity contribution in [3.05, 3.63) is 23.8 Å². The van der Waals surface area contributed by atoms with Crippen LogP contribution in [-0.2, 0) is 5.88 Å². The zero-order chi connectivity index (χ0) is 8.39. The van der Waals surface area contributed by atoms with E-state index in [2.05, 4.69) is 9.97 Å². The molecule has 1 aliphatic carbocycles. The predicted molar refractivity (Wildman–Crippen MR) is 48.2 cm³/mol. The maximum atomic E-state index is 5.60. The first-order chi connectivity index (χ1) is 5.90. The lowest BCUT2D eigenvalue weighted by atomic mass is 9.83. The minimum Gasteiger partial charge on any atom is -0.257 e. The molecular formula is C9H11ClN2. The average molecular weight is 183 g/mol. The van der Waals surface area contributed by atoms with Gasteiger partial charge in [0.2, 0.25) is 0 Å². The fourth-order valence-electron chi connectivity index (χ4n) is 1.35. The fourth-order valence-corrected chi connectivity index (χ4v) is 1.49. The Morgan fingerprint density at radius 3 is 2.58 bits per heavy atom. The van der Waals surface area contributed by atoms with E-state index in [-0.39, 0.29) is 0 Å². The average Bonchev–Trinajstić information content (AvgIpc) is 2.03. The molecule has 3 heteroatoms. The van der Waals surface area contributed by atoms with Gasteiger partial charge in [-0.05, 0) is 12.8 Å². The molecule has 0 aromatic carbocycles. The summed E-state index contributed by atoms with van der Waals surface area (Å²) >= 11 is 5.60. The molecule has 1 saturated carbocycles. The third kappa shape index (κ3) is 1.44. The predicted octanol–water partition coefficient (Wildman–Crippen LogP) is 2.48. The van der Waals surface area contributed by atoms with Gasteiger partial charge in [-0.1, -0.05) is 6.42 Å². The van der Waals surface area contributed by atoms with Crippen LogP contribution in [0, 0.1) is 0 Å². The number of alkyl halides is 1. The largest absolute Gasteiger partial charge is 0.257 e. The van der Waals surface area contributed by atoms with Crippen LogP contribution in [0.1, 0.15) is 36.6 Å². The van der Waals surface area contributed by atoms with E-state index in [1.165, 1.54) is 19.3 Å². The monoisotopic (exact) mass is 182 g/mol. The summed E-state index contributed by atoms with van der Waals surface area (Å²) in [6, 6.07) is 0. The first-order valence-electron chi connectivity index (χ1n) is 4.27. The smallest absolute Gasteiger partial charge is 0.0734 e. The Bertz CT molecular complexity index is 254. The van der Waals surface area contributed by atoms with E-state index in [1.54, 1.807) is 6.20 Å². The van der Waals surface area contributed by atoms with Gasteiger partial charge in [-0.25, -0.2) is 0 Å². The van der Waals surface area contributed by atoms with E-state index < -0.39 is 0 Å². The minimum absolute atomic E-state index is 0.456. The van der Waals surface area contributed by atoms with Crippen molar-refractivity contribution in [2.24, 2.45) is 0 Å². The molecule has 0 spiro atoms. The van der Waals surface area contributed by atoms with Crippen molar-refractivity contribution in [2.75, 3.05) is 0 Å². The summed E-state index contributed by atoms with van der Waals surface area (Å²) in [6.45, 7) is 0. The van der Waals surface area contributed by atoms with Crippen LogP contribution in [0.25, 0.3) is 0 Å². The quantitative estimate of drug-likeness (QED) is 0.657. The molecule has 2 rings (SSSR count). The fraction of sp³-hybridized carbons (Fsp3) is 0.556. The number of hydrogen-bond donors (Lipinski definition) is 0. The van der Waals surface area contributed by atoms with E-state index >= 15 is 0 Å². The normalized spacial score (nSPS) is 17.4. The van der Waals surface area contributed by atoms with Crippen molar-refractivity contribution in [1.82, 2.24) is 9.97 Å². The molecule has 0 amide bonds. The number of rotatable bonds is 2. The second kappa shape index (κ2) is 3.40. The van der Waals surface area contributed by atoms with Crippen LogP contribution < -0.4 is 0 Å². The molecular weight excluding hydrogens is 172 g/mol. The Morgan fingerprint density at radius 2 is 2.17 bits per heavy atom. The molecule has 1 aromatic rings. The molecule has 0 aliphatic heterocycles. The summed E-state index contributed by atoms with van der Waals surface area (Å²) in [6.07, 6.45) is 7.52. The topological polar surface area (TPSA) is 25.8 Å². The van der Waals surface area contributed by atoms with Crippen LogP contribution in [-0.4, -0.2) is 9.97 Å². The van der Waals surface area contributed by atoms with Crippen molar-refractivity contribution >= 4 is 11.6 Å². The molecule has 1 fully saturated rings. The van der Waals surface area contributed by atoms with Crippen molar-refractivity contribution in [2.45, 2.75) is 31.1 Å². The van der Waals surface area contributed by atoms with Gasteiger partial charge >= 0.3 is 0 Å². The highest BCUT2D eigenvalue weighted by molar-refractivity contribution is 6.16. The number of aromatic nitrogens is 2. The van der Waals surface area contributed by atoms with E-state index in [9.17, 15) is 0 Å². The van der Waals surface area contributed by atoms with Crippen LogP contribution in [0.5, 0.6) is 0 Å². The molecule has 12 heavy (non-hydrogen) atoms. The maximum absolute atomic E-state index is 5.60. The Labute approximate surface area is 77.0 Å². The van der Waals surface area contributed by atoms with Crippen molar-refractivity contribution in [3.8, 4) is 0 Å². The Hall–Kier alpha value is -0.630. The van der Waals surface area contributed by atoms with Crippen LogP contribution >= 0.6 is 11.6 Å². The molecule has 0 N–H and O–H groups in total. The third-order valence-corrected chi connectivity index (χ3v) is 2.66. The number of halogens is 1. The zero-order valence-corrected chi connectivity index (χ0v) is 7.59. The van der Waals surface area contributed by atoms with Gasteiger partial charge in [0, 0.05) is 18.3 Å². The number of hydrogen-bond acceptors (Lipinski definition) is 2. The van der Waals surface area contributed by atoms with Crippen LogP contribution in [0.15, 0.2) is 12.4 Å². The van der Waals surface area contributed by atoms with Gasteiger partial charge in [0.1, 0.15) is 0 Å². The van der Waals surface area contributed by atoms with Gasteiger partial charge in [0.15, 0.2) is 0 Å². The van der Waals surface area contributed by atoms with Crippen molar-refractivity contribution in [1.29, 1.82) is 0 Å². The second-order valence-corrected chi connectivity index (χ2v) is 3.46. The Kier molecular flexibility index (Phi) is 2.26. The van der Waals surface area contributed by atoms with Gasteiger partial charge < -0.3 is 0 Å². The lowest BCUT2D eigenvalue weighted by Gasteiger charge is -2.24. The van der Waals surface area contributed by atoms with Crippen LogP contribution in [0.3, 0.4) is 0 Å². The molecule has 1 aliphatic rings. The molecule has 2 nitrogen and oxygen atoms in total. The molecule has 0 bridgehead atoms. The first-order valence-corrected chi connectivity index (χ1v) is 4.80. The first kappa shape index (κ1) is 7.99. The van der Waals surface area contributed by atoms with Gasteiger partial charge in [0.25, 0.3) is 0 Å². The van der Waals surface area contributed by atoms with Crippen molar-refractivity contribution < 1.29 is 0 Å². The molecule has 0 unspecified atom stereocenters. The molecule has 64 valence electrons. The standard InChI is InChI=1S/C9H11ClN2/c10-4-8-5-12-9(6-11-8)7-2-1-3-7/h5-7H,1-4H2. The molecule has 1 aromatic heterocycles. The van der Waals surface area contributed by atoms with Gasteiger partial charge in [0.05, 0.1) is 17.3 Å². The Balaban J connectivity index is 2.13. The van der Waals surface area contributed by atoms with Crippen molar-refractivity contribution in [3.63, 3.8) is 0 Å².